The lowest BCUT2D eigenvalue weighted by Crippen LogP contribution is -2.48. The van der Waals surface area contributed by atoms with Gasteiger partial charge in [-0.15, -0.1) is 0 Å². The van der Waals surface area contributed by atoms with E-state index in [-0.39, 0.29) is 17.4 Å². The molecule has 1 amide bonds. The first kappa shape index (κ1) is 18.1. The van der Waals surface area contributed by atoms with Crippen LogP contribution in [-0.2, 0) is 14.8 Å². The summed E-state index contributed by atoms with van der Waals surface area (Å²) in [5.41, 5.74) is 6.18. The lowest BCUT2D eigenvalue weighted by molar-refractivity contribution is 0.0997. The highest BCUT2D eigenvalue weighted by Gasteiger charge is 2.39. The summed E-state index contributed by atoms with van der Waals surface area (Å²) in [6.07, 6.45) is 3.68. The molecule has 3 heterocycles. The highest BCUT2D eigenvalue weighted by molar-refractivity contribution is 9.10. The number of nitrogens with one attached hydrogen (secondary N) is 1. The molecule has 136 valence electrons. The molecule has 0 spiro atoms. The highest BCUT2D eigenvalue weighted by Crippen LogP contribution is 2.33. The van der Waals surface area contributed by atoms with Crippen molar-refractivity contribution in [3.8, 4) is 0 Å². The van der Waals surface area contributed by atoms with Gasteiger partial charge in [0.2, 0.25) is 10.0 Å². The van der Waals surface area contributed by atoms with Gasteiger partial charge in [0, 0.05) is 30.9 Å². The second-order valence-corrected chi connectivity index (χ2v) is 8.59. The van der Waals surface area contributed by atoms with E-state index in [9.17, 15) is 13.2 Å². The Morgan fingerprint density at radius 2 is 2.24 bits per heavy atom. The number of carbonyl (C=O) groups excluding carboxylic acids is 1. The molecule has 0 aromatic carbocycles. The smallest absolute Gasteiger partial charge is 0.252 e. The minimum atomic E-state index is -3.73. The molecule has 25 heavy (non-hydrogen) atoms. The Morgan fingerprint density at radius 3 is 2.84 bits per heavy atom. The number of methoxy groups -OCH3 is 1. The number of primary amides is 1. The zero-order valence-electron chi connectivity index (χ0n) is 13.6. The molecule has 0 saturated carbocycles. The maximum absolute atomic E-state index is 12.7. The van der Waals surface area contributed by atoms with Crippen molar-refractivity contribution in [2.45, 2.75) is 12.1 Å². The summed E-state index contributed by atoms with van der Waals surface area (Å²) in [5.74, 6) is -0.754. The molecule has 0 aliphatic carbocycles. The number of amides is 1. The van der Waals surface area contributed by atoms with Crippen molar-refractivity contribution < 1.29 is 17.9 Å². The predicted molar refractivity (Wildman–Crippen MR) is 96.2 cm³/mol. The van der Waals surface area contributed by atoms with Crippen LogP contribution in [0.2, 0.25) is 0 Å². The van der Waals surface area contributed by atoms with E-state index in [1.165, 1.54) is 22.1 Å². The predicted octanol–water partition coefficient (Wildman–Crippen LogP) is -0.0515. The van der Waals surface area contributed by atoms with Crippen LogP contribution >= 0.6 is 15.9 Å². The maximum atomic E-state index is 12.7. The standard InChI is InChI=1S/C14H18BrN5O4S/c1-24-12-6-17-5-11(12)20(25(2,22)23)13-9(14(16)21)4-18-19-7-8(15)3-10(13)19/h3-4,7,11-12,17H,5-6H2,1-2H3,(H2,16,21)/t11-,12+/m1/s1. The molecule has 3 N–H and O–H groups in total. The third-order valence-corrected chi connectivity index (χ3v) is 5.75. The van der Waals surface area contributed by atoms with Gasteiger partial charge in [0.1, 0.15) is 0 Å². The first-order valence-corrected chi connectivity index (χ1v) is 10.1. The van der Waals surface area contributed by atoms with Crippen molar-refractivity contribution in [2.24, 2.45) is 5.73 Å². The van der Waals surface area contributed by atoms with Gasteiger partial charge in [-0.3, -0.25) is 9.10 Å². The van der Waals surface area contributed by atoms with Crippen molar-refractivity contribution in [3.05, 3.63) is 28.5 Å². The number of hydrogen-bond acceptors (Lipinski definition) is 6. The van der Waals surface area contributed by atoms with Crippen LogP contribution in [0.25, 0.3) is 5.52 Å². The molecule has 2 aromatic heterocycles. The number of hydrogen-bond donors (Lipinski definition) is 2. The van der Waals surface area contributed by atoms with Gasteiger partial charge in [0.05, 0.1) is 41.4 Å². The van der Waals surface area contributed by atoms with E-state index in [1.54, 1.807) is 12.3 Å². The average molecular weight is 432 g/mol. The number of rotatable bonds is 5. The zero-order chi connectivity index (χ0) is 18.4. The SMILES string of the molecule is CO[C@H]1CNC[C@H]1N(c1c(C(N)=O)cnn2cc(Br)cc12)S(C)(=O)=O. The van der Waals surface area contributed by atoms with Crippen molar-refractivity contribution in [2.75, 3.05) is 30.8 Å². The van der Waals surface area contributed by atoms with E-state index in [4.69, 9.17) is 10.5 Å². The van der Waals surface area contributed by atoms with E-state index in [2.05, 4.69) is 26.3 Å². The Balaban J connectivity index is 2.32. The number of nitrogens with two attached hydrogens (primary N) is 1. The summed E-state index contributed by atoms with van der Waals surface area (Å²) in [4.78, 5) is 12.0. The fourth-order valence-electron chi connectivity index (χ4n) is 3.12. The zero-order valence-corrected chi connectivity index (χ0v) is 16.0. The molecule has 3 rings (SSSR count). The van der Waals surface area contributed by atoms with Crippen molar-refractivity contribution in [3.63, 3.8) is 0 Å². The van der Waals surface area contributed by atoms with E-state index < -0.39 is 22.0 Å². The van der Waals surface area contributed by atoms with Crippen molar-refractivity contribution >= 4 is 43.1 Å². The first-order chi connectivity index (χ1) is 11.7. The highest BCUT2D eigenvalue weighted by atomic mass is 79.9. The van der Waals surface area contributed by atoms with E-state index in [0.29, 0.717) is 23.1 Å². The fraction of sp³-hybridized carbons (Fsp3) is 0.429. The minimum Gasteiger partial charge on any atom is -0.378 e. The van der Waals surface area contributed by atoms with Crippen LogP contribution in [-0.4, -0.2) is 62.5 Å². The summed E-state index contributed by atoms with van der Waals surface area (Å²) in [7, 11) is -2.21. The molecule has 9 nitrogen and oxygen atoms in total. The summed E-state index contributed by atoms with van der Waals surface area (Å²) in [6.45, 7) is 0.894. The van der Waals surface area contributed by atoms with Gasteiger partial charge < -0.3 is 15.8 Å². The molecule has 1 saturated heterocycles. The Hall–Kier alpha value is -1.69. The van der Waals surface area contributed by atoms with E-state index in [1.807, 2.05) is 0 Å². The molecule has 0 radical (unpaired) electrons. The molecule has 2 atom stereocenters. The lowest BCUT2D eigenvalue weighted by atomic mass is 10.1. The molecule has 1 aliphatic heterocycles. The lowest BCUT2D eigenvalue weighted by Gasteiger charge is -2.32. The number of aromatic nitrogens is 2. The van der Waals surface area contributed by atoms with Crippen LogP contribution in [0.15, 0.2) is 22.9 Å². The largest absolute Gasteiger partial charge is 0.378 e. The number of sulfonamides is 1. The number of anilines is 1. The van der Waals surface area contributed by atoms with Gasteiger partial charge in [-0.25, -0.2) is 12.9 Å². The third kappa shape index (κ3) is 3.24. The summed E-state index contributed by atoms with van der Waals surface area (Å²) < 4.78 is 34.1. The minimum absolute atomic E-state index is 0.0327. The topological polar surface area (TPSA) is 119 Å². The van der Waals surface area contributed by atoms with Gasteiger partial charge in [0.25, 0.3) is 5.91 Å². The summed E-state index contributed by atoms with van der Waals surface area (Å²) >= 11 is 3.35. The van der Waals surface area contributed by atoms with Crippen LogP contribution in [0.4, 0.5) is 5.69 Å². The second-order valence-electron chi connectivity index (χ2n) is 5.82. The number of carbonyl (C=O) groups is 1. The molecular weight excluding hydrogens is 414 g/mol. The Bertz CT molecular complexity index is 929. The fourth-order valence-corrected chi connectivity index (χ4v) is 4.75. The number of fused-ring (bicyclic) bond motifs is 1. The Labute approximate surface area is 153 Å². The normalized spacial score (nSPS) is 20.9. The summed E-state index contributed by atoms with van der Waals surface area (Å²) in [6, 6.07) is 1.18. The molecule has 1 fully saturated rings. The van der Waals surface area contributed by atoms with Crippen molar-refractivity contribution in [1.29, 1.82) is 0 Å². The Morgan fingerprint density at radius 1 is 1.52 bits per heavy atom. The monoisotopic (exact) mass is 431 g/mol. The molecule has 1 aliphatic rings. The van der Waals surface area contributed by atoms with E-state index >= 15 is 0 Å². The van der Waals surface area contributed by atoms with Crippen LogP contribution in [0.3, 0.4) is 0 Å². The number of halogens is 1. The first-order valence-electron chi connectivity index (χ1n) is 7.43. The van der Waals surface area contributed by atoms with Crippen LogP contribution < -0.4 is 15.4 Å². The number of nitrogens with zero attached hydrogens (tertiary/aromatic N) is 3. The maximum Gasteiger partial charge on any atom is 0.252 e. The quantitative estimate of drug-likeness (QED) is 0.684. The number of ether oxygens (including phenoxy) is 1. The molecule has 2 aromatic rings. The second kappa shape index (κ2) is 6.56. The molecule has 0 unspecified atom stereocenters. The van der Waals surface area contributed by atoms with Gasteiger partial charge in [-0.2, -0.15) is 5.10 Å². The third-order valence-electron chi connectivity index (χ3n) is 4.15. The molecular formula is C14H18BrN5O4S. The van der Waals surface area contributed by atoms with Crippen LogP contribution in [0.5, 0.6) is 0 Å². The van der Waals surface area contributed by atoms with Gasteiger partial charge in [-0.1, -0.05) is 0 Å². The average Bonchev–Trinajstić information content (AvgIpc) is 3.11. The van der Waals surface area contributed by atoms with Crippen molar-refractivity contribution in [1.82, 2.24) is 14.9 Å². The van der Waals surface area contributed by atoms with Gasteiger partial charge in [-0.05, 0) is 22.0 Å². The summed E-state index contributed by atoms with van der Waals surface area (Å²) in [5, 5.41) is 7.25. The van der Waals surface area contributed by atoms with Crippen LogP contribution in [0, 0.1) is 0 Å². The van der Waals surface area contributed by atoms with Gasteiger partial charge in [0.15, 0.2) is 0 Å². The Kier molecular flexibility index (Phi) is 4.75. The molecule has 11 heteroatoms. The van der Waals surface area contributed by atoms with Crippen LogP contribution in [0.1, 0.15) is 10.4 Å². The molecule has 0 bridgehead atoms. The van der Waals surface area contributed by atoms with Gasteiger partial charge >= 0.3 is 0 Å². The van der Waals surface area contributed by atoms with E-state index in [0.717, 1.165) is 6.26 Å².